The van der Waals surface area contributed by atoms with E-state index in [-0.39, 0.29) is 10.8 Å². The molecule has 0 spiro atoms. The maximum absolute atomic E-state index is 12.6. The average molecular weight is 433 g/mol. The highest BCUT2D eigenvalue weighted by atomic mass is 32.2. The molecule has 2 N–H and O–H groups in total. The average Bonchev–Trinajstić information content (AvgIpc) is 2.75. The van der Waals surface area contributed by atoms with Crippen LogP contribution in [-0.4, -0.2) is 14.3 Å². The number of fused-ring (bicyclic) bond motifs is 1. The van der Waals surface area contributed by atoms with Crippen molar-refractivity contribution in [1.82, 2.24) is 0 Å². The van der Waals surface area contributed by atoms with Gasteiger partial charge in [-0.15, -0.1) is 0 Å². The van der Waals surface area contributed by atoms with E-state index in [2.05, 4.69) is 10.0 Å². The second-order valence-electron chi connectivity index (χ2n) is 6.91. The molecule has 0 fully saturated rings. The molecule has 156 valence electrons. The molecule has 4 aromatic rings. The first-order valence-electron chi connectivity index (χ1n) is 9.57. The molecule has 0 heterocycles. The molecule has 0 saturated heterocycles. The molecule has 0 saturated carbocycles. The van der Waals surface area contributed by atoms with Crippen molar-refractivity contribution in [2.45, 2.75) is 11.8 Å². The second-order valence-corrected chi connectivity index (χ2v) is 8.60. The molecule has 0 aliphatic carbocycles. The van der Waals surface area contributed by atoms with Gasteiger partial charge in [0.15, 0.2) is 0 Å². The van der Waals surface area contributed by atoms with Gasteiger partial charge in [-0.1, -0.05) is 36.4 Å². The molecular formula is C24H20N2O4S. The fourth-order valence-corrected chi connectivity index (χ4v) is 4.20. The van der Waals surface area contributed by atoms with Crippen LogP contribution in [0, 0.1) is 0 Å². The lowest BCUT2D eigenvalue weighted by Gasteiger charge is -2.11. The van der Waals surface area contributed by atoms with Gasteiger partial charge in [0, 0.05) is 23.7 Å². The van der Waals surface area contributed by atoms with Crippen molar-refractivity contribution in [1.29, 1.82) is 0 Å². The normalized spacial score (nSPS) is 11.1. The van der Waals surface area contributed by atoms with Gasteiger partial charge >= 0.3 is 0 Å². The van der Waals surface area contributed by atoms with Crippen LogP contribution in [0.25, 0.3) is 10.8 Å². The Morgan fingerprint density at radius 3 is 2.13 bits per heavy atom. The molecule has 0 radical (unpaired) electrons. The molecule has 7 heteroatoms. The first-order valence-corrected chi connectivity index (χ1v) is 11.1. The van der Waals surface area contributed by atoms with Crippen LogP contribution in [0.3, 0.4) is 0 Å². The van der Waals surface area contributed by atoms with E-state index in [9.17, 15) is 13.2 Å². The summed E-state index contributed by atoms with van der Waals surface area (Å²) < 4.78 is 33.8. The van der Waals surface area contributed by atoms with Crippen LogP contribution in [0.4, 0.5) is 11.4 Å². The van der Waals surface area contributed by atoms with Crippen molar-refractivity contribution >= 4 is 38.1 Å². The Balaban J connectivity index is 1.48. The summed E-state index contributed by atoms with van der Waals surface area (Å²) in [5, 5.41) is 4.68. The monoisotopic (exact) mass is 432 g/mol. The third-order valence-electron chi connectivity index (χ3n) is 4.57. The highest BCUT2D eigenvalue weighted by Gasteiger charge is 2.14. The lowest BCUT2D eigenvalue weighted by molar-refractivity contribution is -0.114. The molecular weight excluding hydrogens is 412 g/mol. The maximum atomic E-state index is 12.6. The Morgan fingerprint density at radius 2 is 1.42 bits per heavy atom. The number of benzene rings is 4. The standard InChI is InChI=1S/C24H20N2O4S/c1-17(27)25-19-11-15-22(16-12-19)31(28,29)26-20-9-13-21(14-10-20)30-24-8-4-6-18-5-2-3-7-23(18)24/h2-16,26H,1H3,(H,25,27). The van der Waals surface area contributed by atoms with Gasteiger partial charge in [0.05, 0.1) is 4.90 Å². The number of anilines is 2. The van der Waals surface area contributed by atoms with Crippen LogP contribution in [0.5, 0.6) is 11.5 Å². The van der Waals surface area contributed by atoms with Crippen molar-refractivity contribution < 1.29 is 17.9 Å². The number of nitrogens with one attached hydrogen (secondary N) is 2. The lowest BCUT2D eigenvalue weighted by atomic mass is 10.1. The zero-order valence-electron chi connectivity index (χ0n) is 16.7. The number of rotatable bonds is 6. The zero-order chi connectivity index (χ0) is 21.8. The molecule has 1 amide bonds. The quantitative estimate of drug-likeness (QED) is 0.428. The fraction of sp³-hybridized carbons (Fsp3) is 0.0417. The van der Waals surface area contributed by atoms with Crippen LogP contribution in [0.1, 0.15) is 6.92 Å². The Hall–Kier alpha value is -3.84. The van der Waals surface area contributed by atoms with E-state index in [1.807, 2.05) is 42.5 Å². The van der Waals surface area contributed by atoms with E-state index in [4.69, 9.17) is 4.74 Å². The van der Waals surface area contributed by atoms with Gasteiger partial charge in [-0.2, -0.15) is 0 Å². The molecule has 0 aliphatic heterocycles. The fourth-order valence-electron chi connectivity index (χ4n) is 3.14. The van der Waals surface area contributed by atoms with E-state index >= 15 is 0 Å². The predicted molar refractivity (Wildman–Crippen MR) is 122 cm³/mol. The van der Waals surface area contributed by atoms with Crippen molar-refractivity contribution in [3.63, 3.8) is 0 Å². The molecule has 4 rings (SSSR count). The number of amides is 1. The number of ether oxygens (including phenoxy) is 1. The first kappa shape index (κ1) is 20.4. The lowest BCUT2D eigenvalue weighted by Crippen LogP contribution is -2.13. The summed E-state index contributed by atoms with van der Waals surface area (Å²) in [5.74, 6) is 1.10. The van der Waals surface area contributed by atoms with Crippen molar-refractivity contribution in [3.05, 3.63) is 91.0 Å². The van der Waals surface area contributed by atoms with Gasteiger partial charge in [0.2, 0.25) is 5.91 Å². The predicted octanol–water partition coefficient (Wildman–Crippen LogP) is 5.39. The Labute approximate surface area is 180 Å². The summed E-state index contributed by atoms with van der Waals surface area (Å²) in [4.78, 5) is 11.2. The maximum Gasteiger partial charge on any atom is 0.261 e. The summed E-state index contributed by atoms with van der Waals surface area (Å²) >= 11 is 0. The number of carbonyl (C=O) groups excluding carboxylic acids is 1. The van der Waals surface area contributed by atoms with Gasteiger partial charge < -0.3 is 10.1 Å². The highest BCUT2D eigenvalue weighted by Crippen LogP contribution is 2.30. The SMILES string of the molecule is CC(=O)Nc1ccc(S(=O)(=O)Nc2ccc(Oc3cccc4ccccc34)cc2)cc1. The molecule has 0 bridgehead atoms. The van der Waals surface area contributed by atoms with E-state index in [0.29, 0.717) is 17.1 Å². The molecule has 6 nitrogen and oxygen atoms in total. The minimum Gasteiger partial charge on any atom is -0.457 e. The number of hydrogen-bond donors (Lipinski definition) is 2. The minimum absolute atomic E-state index is 0.0951. The van der Waals surface area contributed by atoms with Crippen molar-refractivity contribution in [2.75, 3.05) is 10.0 Å². The van der Waals surface area contributed by atoms with E-state index in [0.717, 1.165) is 16.5 Å². The molecule has 4 aromatic carbocycles. The summed E-state index contributed by atoms with van der Waals surface area (Å²) in [6, 6.07) is 26.4. The summed E-state index contributed by atoms with van der Waals surface area (Å²) in [7, 11) is -3.76. The third kappa shape index (κ3) is 4.84. The second kappa shape index (κ2) is 8.49. The van der Waals surface area contributed by atoms with E-state index in [1.165, 1.54) is 31.2 Å². The van der Waals surface area contributed by atoms with Gasteiger partial charge in [0.25, 0.3) is 10.0 Å². The van der Waals surface area contributed by atoms with E-state index < -0.39 is 10.0 Å². The molecule has 31 heavy (non-hydrogen) atoms. The smallest absolute Gasteiger partial charge is 0.261 e. The Kier molecular flexibility index (Phi) is 5.60. The van der Waals surface area contributed by atoms with Crippen molar-refractivity contribution in [2.24, 2.45) is 0 Å². The largest absolute Gasteiger partial charge is 0.457 e. The molecule has 0 aromatic heterocycles. The van der Waals surface area contributed by atoms with Crippen molar-refractivity contribution in [3.8, 4) is 11.5 Å². The van der Waals surface area contributed by atoms with Crippen LogP contribution in [0.2, 0.25) is 0 Å². The summed E-state index contributed by atoms with van der Waals surface area (Å²) in [5.41, 5.74) is 0.942. The van der Waals surface area contributed by atoms with Gasteiger partial charge in [-0.25, -0.2) is 8.42 Å². The summed E-state index contributed by atoms with van der Waals surface area (Å²) in [6.07, 6.45) is 0. The number of sulfonamides is 1. The highest BCUT2D eigenvalue weighted by molar-refractivity contribution is 7.92. The first-order chi connectivity index (χ1) is 14.9. The number of hydrogen-bond acceptors (Lipinski definition) is 4. The topological polar surface area (TPSA) is 84.5 Å². The minimum atomic E-state index is -3.76. The molecule has 0 atom stereocenters. The zero-order valence-corrected chi connectivity index (χ0v) is 17.5. The molecule has 0 unspecified atom stereocenters. The van der Waals surface area contributed by atoms with Crippen LogP contribution in [0.15, 0.2) is 95.9 Å². The third-order valence-corrected chi connectivity index (χ3v) is 5.97. The number of carbonyl (C=O) groups is 1. The Bertz CT molecular complexity index is 1330. The van der Waals surface area contributed by atoms with Crippen LogP contribution >= 0.6 is 0 Å². The van der Waals surface area contributed by atoms with Crippen LogP contribution in [-0.2, 0) is 14.8 Å². The van der Waals surface area contributed by atoms with Crippen LogP contribution < -0.4 is 14.8 Å². The Morgan fingerprint density at radius 1 is 0.774 bits per heavy atom. The molecule has 0 aliphatic rings. The van der Waals surface area contributed by atoms with E-state index in [1.54, 1.807) is 24.3 Å². The van der Waals surface area contributed by atoms with Gasteiger partial charge in [-0.05, 0) is 60.0 Å². The summed E-state index contributed by atoms with van der Waals surface area (Å²) in [6.45, 7) is 1.39. The van der Waals surface area contributed by atoms with Gasteiger partial charge in [0.1, 0.15) is 11.5 Å². The van der Waals surface area contributed by atoms with Gasteiger partial charge in [-0.3, -0.25) is 9.52 Å².